The molecule has 3 rings (SSSR count). The van der Waals surface area contributed by atoms with Gasteiger partial charge in [0.1, 0.15) is 0 Å². The summed E-state index contributed by atoms with van der Waals surface area (Å²) in [4.78, 5) is 0. The van der Waals surface area contributed by atoms with E-state index in [1.54, 1.807) is 0 Å². The van der Waals surface area contributed by atoms with Gasteiger partial charge in [-0.2, -0.15) is 0 Å². The molecule has 0 aliphatic heterocycles. The van der Waals surface area contributed by atoms with Gasteiger partial charge in [0.25, 0.3) is 0 Å². The Balaban J connectivity index is 0.000000711. The number of hydrogen-bond donors (Lipinski definition) is 1. The molecule has 0 unspecified atom stereocenters. The summed E-state index contributed by atoms with van der Waals surface area (Å²) in [5, 5.41) is 0. The molecule has 0 amide bonds. The van der Waals surface area contributed by atoms with E-state index in [2.05, 4.69) is 111 Å². The second kappa shape index (κ2) is 17.8. The summed E-state index contributed by atoms with van der Waals surface area (Å²) in [7, 11) is 0. The zero-order chi connectivity index (χ0) is 31.3. The summed E-state index contributed by atoms with van der Waals surface area (Å²) in [5.74, 6) is 2.04. The van der Waals surface area contributed by atoms with Gasteiger partial charge in [0.15, 0.2) is 0 Å². The van der Waals surface area contributed by atoms with Gasteiger partial charge in [0, 0.05) is 6.54 Å². The largest absolute Gasteiger partial charge is 0.326 e. The fraction of sp³-hybridized carbons (Fsp3) is 0.450. The SMILES string of the molecule is C=C\C(C)=C(/C(C)=C(C)/C=C(\C)c1ccc(C(=C)C)cc1C)c1ccc(C)c(CN)c1.CC.CC1CCC(C)CC1. The van der Waals surface area contributed by atoms with Gasteiger partial charge in [-0.3, -0.25) is 0 Å². The van der Waals surface area contributed by atoms with Crippen molar-refractivity contribution in [2.75, 3.05) is 0 Å². The highest BCUT2D eigenvalue weighted by molar-refractivity contribution is 5.84. The molecule has 1 aliphatic rings. The highest BCUT2D eigenvalue weighted by Crippen LogP contribution is 2.32. The van der Waals surface area contributed by atoms with E-state index in [1.807, 2.05) is 26.8 Å². The van der Waals surface area contributed by atoms with Crippen LogP contribution in [0, 0.1) is 25.7 Å². The fourth-order valence-corrected chi connectivity index (χ4v) is 5.40. The number of allylic oxidation sites excluding steroid dienone is 8. The first-order valence-electron chi connectivity index (χ1n) is 15.7. The van der Waals surface area contributed by atoms with Crippen LogP contribution in [0.1, 0.15) is 121 Å². The third kappa shape index (κ3) is 10.8. The quantitative estimate of drug-likeness (QED) is 0.339. The lowest BCUT2D eigenvalue weighted by molar-refractivity contribution is 0.308. The van der Waals surface area contributed by atoms with E-state index < -0.39 is 0 Å². The maximum absolute atomic E-state index is 5.97. The van der Waals surface area contributed by atoms with Crippen LogP contribution in [0.2, 0.25) is 0 Å². The van der Waals surface area contributed by atoms with E-state index in [9.17, 15) is 0 Å². The number of nitrogens with two attached hydrogens (primary N) is 1. The minimum absolute atomic E-state index is 0.542. The standard InChI is InChI=1S/C30H37N.C8H16.C2H6/c1-10-20(4)30(27-12-11-21(5)28(17-27)18-31)25(9)22(6)15-23(7)29-14-13-26(19(2)3)16-24(29)8;1-7-3-5-8(2)6-4-7;1-2/h10-17H,1-2,18,31H2,3-9H3;7-8H,3-6H2,1-2H3;1-2H3/b23-15+,25-22+,30-20+;;. The van der Waals surface area contributed by atoms with Crippen LogP contribution in [-0.4, -0.2) is 0 Å². The molecule has 1 aliphatic carbocycles. The number of aryl methyl sites for hydroxylation is 2. The van der Waals surface area contributed by atoms with Crippen LogP contribution < -0.4 is 5.73 Å². The summed E-state index contributed by atoms with van der Waals surface area (Å²) >= 11 is 0. The van der Waals surface area contributed by atoms with Crippen LogP contribution >= 0.6 is 0 Å². The van der Waals surface area contributed by atoms with Crippen LogP contribution in [0.25, 0.3) is 16.7 Å². The third-order valence-electron chi connectivity index (χ3n) is 8.41. The van der Waals surface area contributed by atoms with Crippen molar-refractivity contribution in [2.24, 2.45) is 17.6 Å². The van der Waals surface area contributed by atoms with E-state index in [0.29, 0.717) is 6.54 Å². The molecule has 0 radical (unpaired) electrons. The molecule has 224 valence electrons. The number of benzene rings is 2. The second-order valence-electron chi connectivity index (χ2n) is 11.9. The summed E-state index contributed by atoms with van der Waals surface area (Å²) in [6, 6.07) is 13.1. The van der Waals surface area contributed by atoms with Gasteiger partial charge >= 0.3 is 0 Å². The Morgan fingerprint density at radius 3 is 1.80 bits per heavy atom. The van der Waals surface area contributed by atoms with Gasteiger partial charge in [-0.05, 0) is 128 Å². The van der Waals surface area contributed by atoms with Crippen LogP contribution in [0.5, 0.6) is 0 Å². The second-order valence-corrected chi connectivity index (χ2v) is 11.9. The summed E-state index contributed by atoms with van der Waals surface area (Å²) < 4.78 is 0. The van der Waals surface area contributed by atoms with Gasteiger partial charge in [-0.25, -0.2) is 0 Å². The van der Waals surface area contributed by atoms with Crippen molar-refractivity contribution in [3.05, 3.63) is 112 Å². The Labute approximate surface area is 254 Å². The van der Waals surface area contributed by atoms with E-state index in [1.165, 1.54) is 81.4 Å². The first kappa shape index (κ1) is 36.1. The van der Waals surface area contributed by atoms with Gasteiger partial charge in [0.2, 0.25) is 0 Å². The zero-order valence-electron chi connectivity index (χ0n) is 28.3. The van der Waals surface area contributed by atoms with Crippen molar-refractivity contribution in [1.29, 1.82) is 0 Å². The summed E-state index contributed by atoms with van der Waals surface area (Å²) in [6.45, 7) is 32.4. The van der Waals surface area contributed by atoms with Crippen LogP contribution in [0.15, 0.2) is 78.4 Å². The van der Waals surface area contributed by atoms with Crippen molar-refractivity contribution in [2.45, 2.75) is 108 Å². The molecular weight excluding hydrogens is 494 g/mol. The first-order chi connectivity index (χ1) is 19.4. The predicted octanol–water partition coefficient (Wildman–Crippen LogP) is 12.1. The zero-order valence-corrected chi connectivity index (χ0v) is 28.3. The Hall–Kier alpha value is -2.90. The molecule has 0 bridgehead atoms. The Morgan fingerprint density at radius 2 is 1.34 bits per heavy atom. The molecular formula is C40H59N. The predicted molar refractivity (Wildman–Crippen MR) is 188 cm³/mol. The van der Waals surface area contributed by atoms with Crippen molar-refractivity contribution < 1.29 is 0 Å². The topological polar surface area (TPSA) is 26.0 Å². The van der Waals surface area contributed by atoms with Gasteiger partial charge in [0.05, 0.1) is 0 Å². The molecule has 2 N–H and O–H groups in total. The number of hydrogen-bond acceptors (Lipinski definition) is 1. The molecule has 0 aromatic heterocycles. The lowest BCUT2D eigenvalue weighted by Crippen LogP contribution is -2.08. The third-order valence-corrected chi connectivity index (χ3v) is 8.41. The lowest BCUT2D eigenvalue weighted by atomic mass is 9.84. The molecule has 1 fully saturated rings. The average Bonchev–Trinajstić information content (AvgIpc) is 2.96. The smallest absolute Gasteiger partial charge is 0.0180 e. The van der Waals surface area contributed by atoms with Gasteiger partial charge < -0.3 is 5.73 Å². The van der Waals surface area contributed by atoms with E-state index in [0.717, 1.165) is 23.0 Å². The average molecular weight is 554 g/mol. The fourth-order valence-electron chi connectivity index (χ4n) is 5.40. The highest BCUT2D eigenvalue weighted by atomic mass is 14.5. The molecule has 1 nitrogen and oxygen atoms in total. The molecule has 1 saturated carbocycles. The molecule has 0 heterocycles. The van der Waals surface area contributed by atoms with Crippen molar-refractivity contribution >= 4 is 16.7 Å². The number of rotatable bonds is 7. The molecule has 2 aromatic rings. The Bertz CT molecular complexity index is 1250. The monoisotopic (exact) mass is 553 g/mol. The van der Waals surface area contributed by atoms with Crippen molar-refractivity contribution in [3.8, 4) is 0 Å². The van der Waals surface area contributed by atoms with Crippen molar-refractivity contribution in [3.63, 3.8) is 0 Å². The molecule has 41 heavy (non-hydrogen) atoms. The van der Waals surface area contributed by atoms with Gasteiger partial charge in [-0.15, -0.1) is 0 Å². The summed E-state index contributed by atoms with van der Waals surface area (Å²) in [5.41, 5.74) is 20.5. The highest BCUT2D eigenvalue weighted by Gasteiger charge is 2.13. The van der Waals surface area contributed by atoms with Crippen LogP contribution in [-0.2, 0) is 6.54 Å². The lowest BCUT2D eigenvalue weighted by Gasteiger charge is -2.22. The Morgan fingerprint density at radius 1 is 0.805 bits per heavy atom. The maximum atomic E-state index is 5.97. The molecule has 2 aromatic carbocycles. The van der Waals surface area contributed by atoms with Crippen LogP contribution in [0.3, 0.4) is 0 Å². The normalized spacial score (nSPS) is 18.1. The molecule has 0 saturated heterocycles. The molecule has 1 heteroatoms. The summed E-state index contributed by atoms with van der Waals surface area (Å²) in [6.07, 6.45) is 10.1. The van der Waals surface area contributed by atoms with Crippen molar-refractivity contribution in [1.82, 2.24) is 0 Å². The minimum atomic E-state index is 0.542. The minimum Gasteiger partial charge on any atom is -0.326 e. The van der Waals surface area contributed by atoms with Crippen LogP contribution in [0.4, 0.5) is 0 Å². The van der Waals surface area contributed by atoms with E-state index >= 15 is 0 Å². The maximum Gasteiger partial charge on any atom is 0.0180 e. The van der Waals surface area contributed by atoms with Gasteiger partial charge in [-0.1, -0.05) is 115 Å². The van der Waals surface area contributed by atoms with E-state index in [4.69, 9.17) is 5.73 Å². The van der Waals surface area contributed by atoms with E-state index in [-0.39, 0.29) is 0 Å². The first-order valence-corrected chi connectivity index (χ1v) is 15.7. The molecule has 0 atom stereocenters. The molecule has 0 spiro atoms. The Kier molecular flexibility index (Phi) is 15.7.